The Morgan fingerprint density at radius 2 is 1.91 bits per heavy atom. The molecule has 2 heterocycles. The van der Waals surface area contributed by atoms with Crippen molar-refractivity contribution in [2.24, 2.45) is 0 Å². The first-order valence-corrected chi connectivity index (χ1v) is 11.4. The highest BCUT2D eigenvalue weighted by atomic mass is 19.4. The number of nitrogens with zero attached hydrogens (tertiary/aromatic N) is 3. The SMILES string of the molecule is C[C](C)CCc1cccc(-c2noc(-c3ccc(N4CCCC[C@@H]4C)c(C(F)(F)F)c3)n2)c1. The molecule has 2 aromatic carbocycles. The molecular weight excluding hydrogens is 427 g/mol. The molecule has 1 fully saturated rings. The minimum atomic E-state index is -4.48. The van der Waals surface area contributed by atoms with E-state index in [1.54, 1.807) is 6.07 Å². The second-order valence-corrected chi connectivity index (χ2v) is 9.10. The summed E-state index contributed by atoms with van der Waals surface area (Å²) in [6, 6.07) is 12.2. The Kier molecular flexibility index (Phi) is 6.77. The summed E-state index contributed by atoms with van der Waals surface area (Å²) in [5.74, 6) is 1.80. The van der Waals surface area contributed by atoms with E-state index in [2.05, 4.69) is 24.0 Å². The summed E-state index contributed by atoms with van der Waals surface area (Å²) >= 11 is 0. The zero-order valence-corrected chi connectivity index (χ0v) is 19.2. The average molecular weight is 457 g/mol. The van der Waals surface area contributed by atoms with Crippen molar-refractivity contribution in [3.63, 3.8) is 0 Å². The first kappa shape index (κ1) is 23.3. The monoisotopic (exact) mass is 456 g/mol. The van der Waals surface area contributed by atoms with Crippen molar-refractivity contribution >= 4 is 5.69 Å². The third-order valence-electron chi connectivity index (χ3n) is 6.19. The molecule has 0 amide bonds. The topological polar surface area (TPSA) is 42.2 Å². The average Bonchev–Trinajstić information content (AvgIpc) is 3.28. The molecule has 1 aromatic heterocycles. The Morgan fingerprint density at radius 3 is 2.64 bits per heavy atom. The zero-order valence-electron chi connectivity index (χ0n) is 19.2. The van der Waals surface area contributed by atoms with Gasteiger partial charge in [0.15, 0.2) is 0 Å². The van der Waals surface area contributed by atoms with Crippen LogP contribution in [0.5, 0.6) is 0 Å². The Bertz CT molecular complexity index is 1090. The molecule has 4 nitrogen and oxygen atoms in total. The van der Waals surface area contributed by atoms with E-state index in [0.717, 1.165) is 49.3 Å². The summed E-state index contributed by atoms with van der Waals surface area (Å²) in [5.41, 5.74) is 1.75. The fourth-order valence-electron chi connectivity index (χ4n) is 4.32. The molecule has 1 saturated heterocycles. The van der Waals surface area contributed by atoms with Crippen LogP contribution in [-0.2, 0) is 12.6 Å². The molecule has 1 atom stereocenters. The molecule has 0 N–H and O–H groups in total. The number of halogens is 3. The van der Waals surface area contributed by atoms with Crippen LogP contribution >= 0.6 is 0 Å². The molecular formula is C26H29F3N3O. The number of hydrogen-bond donors (Lipinski definition) is 0. The van der Waals surface area contributed by atoms with Crippen molar-refractivity contribution in [1.29, 1.82) is 0 Å². The van der Waals surface area contributed by atoms with E-state index in [-0.39, 0.29) is 23.2 Å². The maximum Gasteiger partial charge on any atom is 0.418 e. The van der Waals surface area contributed by atoms with Gasteiger partial charge in [-0.2, -0.15) is 18.2 Å². The van der Waals surface area contributed by atoms with Crippen LogP contribution in [0.1, 0.15) is 57.6 Å². The number of benzene rings is 2. The Balaban J connectivity index is 1.64. The van der Waals surface area contributed by atoms with Gasteiger partial charge in [0.1, 0.15) is 0 Å². The molecule has 0 bridgehead atoms. The van der Waals surface area contributed by atoms with Gasteiger partial charge in [-0.05, 0) is 74.8 Å². The molecule has 1 aliphatic rings. The minimum absolute atomic E-state index is 0.0714. The van der Waals surface area contributed by atoms with E-state index >= 15 is 0 Å². The number of piperidine rings is 1. The van der Waals surface area contributed by atoms with Gasteiger partial charge in [-0.25, -0.2) is 0 Å². The number of anilines is 1. The van der Waals surface area contributed by atoms with Gasteiger partial charge in [0, 0.05) is 29.4 Å². The lowest BCUT2D eigenvalue weighted by Gasteiger charge is -2.37. The lowest BCUT2D eigenvalue weighted by Crippen LogP contribution is -2.38. The molecule has 4 rings (SSSR count). The third-order valence-corrected chi connectivity index (χ3v) is 6.19. The van der Waals surface area contributed by atoms with Crippen molar-refractivity contribution in [2.75, 3.05) is 11.4 Å². The molecule has 3 aromatic rings. The number of hydrogen-bond acceptors (Lipinski definition) is 4. The first-order chi connectivity index (χ1) is 15.7. The normalized spacial score (nSPS) is 17.1. The molecule has 1 radical (unpaired) electrons. The number of rotatable bonds is 6. The van der Waals surface area contributed by atoms with Crippen molar-refractivity contribution in [2.45, 2.75) is 65.1 Å². The van der Waals surface area contributed by atoms with Gasteiger partial charge in [0.2, 0.25) is 5.82 Å². The van der Waals surface area contributed by atoms with Gasteiger partial charge >= 0.3 is 6.18 Å². The van der Waals surface area contributed by atoms with E-state index in [1.165, 1.54) is 12.0 Å². The summed E-state index contributed by atoms with van der Waals surface area (Å²) in [7, 11) is 0. The predicted molar refractivity (Wildman–Crippen MR) is 124 cm³/mol. The van der Waals surface area contributed by atoms with Crippen molar-refractivity contribution in [1.82, 2.24) is 10.1 Å². The fraction of sp³-hybridized carbons (Fsp3) is 0.423. The molecule has 0 aliphatic carbocycles. The van der Waals surface area contributed by atoms with Gasteiger partial charge in [-0.15, -0.1) is 0 Å². The molecule has 1 aliphatic heterocycles. The summed E-state index contributed by atoms with van der Waals surface area (Å²) in [5, 5.41) is 4.03. The second kappa shape index (κ2) is 9.57. The summed E-state index contributed by atoms with van der Waals surface area (Å²) in [6.45, 7) is 6.80. The Hall–Kier alpha value is -2.83. The molecule has 7 heteroatoms. The fourth-order valence-corrected chi connectivity index (χ4v) is 4.32. The lowest BCUT2D eigenvalue weighted by atomic mass is 9.99. The van der Waals surface area contributed by atoms with Crippen LogP contribution in [0.25, 0.3) is 22.8 Å². The largest absolute Gasteiger partial charge is 0.418 e. The van der Waals surface area contributed by atoms with E-state index < -0.39 is 11.7 Å². The van der Waals surface area contributed by atoms with Crippen LogP contribution in [0, 0.1) is 5.92 Å². The molecule has 0 spiro atoms. The van der Waals surface area contributed by atoms with Gasteiger partial charge in [-0.1, -0.05) is 37.2 Å². The van der Waals surface area contributed by atoms with Crippen LogP contribution in [-0.4, -0.2) is 22.7 Å². The predicted octanol–water partition coefficient (Wildman–Crippen LogP) is 7.35. The van der Waals surface area contributed by atoms with Crippen molar-refractivity contribution < 1.29 is 17.7 Å². The van der Waals surface area contributed by atoms with Crippen LogP contribution in [0.4, 0.5) is 18.9 Å². The van der Waals surface area contributed by atoms with Crippen molar-refractivity contribution in [3.05, 3.63) is 59.5 Å². The Labute approximate surface area is 192 Å². The smallest absolute Gasteiger partial charge is 0.368 e. The molecule has 0 unspecified atom stereocenters. The van der Waals surface area contributed by atoms with E-state index in [9.17, 15) is 13.2 Å². The summed E-state index contributed by atoms with van der Waals surface area (Å²) < 4.78 is 47.3. The number of aromatic nitrogens is 2. The molecule has 0 saturated carbocycles. The maximum absolute atomic E-state index is 14.0. The van der Waals surface area contributed by atoms with Crippen LogP contribution in [0.3, 0.4) is 0 Å². The van der Waals surface area contributed by atoms with Gasteiger partial charge in [0.25, 0.3) is 5.89 Å². The lowest BCUT2D eigenvalue weighted by molar-refractivity contribution is -0.137. The van der Waals surface area contributed by atoms with Crippen LogP contribution < -0.4 is 4.90 Å². The highest BCUT2D eigenvalue weighted by molar-refractivity contribution is 5.67. The minimum Gasteiger partial charge on any atom is -0.368 e. The van der Waals surface area contributed by atoms with Crippen LogP contribution in [0.2, 0.25) is 0 Å². The van der Waals surface area contributed by atoms with E-state index in [0.29, 0.717) is 12.4 Å². The molecule has 33 heavy (non-hydrogen) atoms. The summed E-state index contributed by atoms with van der Waals surface area (Å²) in [6.07, 6.45) is 0.245. The van der Waals surface area contributed by atoms with Crippen molar-refractivity contribution in [3.8, 4) is 22.8 Å². The Morgan fingerprint density at radius 1 is 1.09 bits per heavy atom. The van der Waals surface area contributed by atoms with Gasteiger partial charge < -0.3 is 9.42 Å². The van der Waals surface area contributed by atoms with E-state index in [1.807, 2.05) is 36.1 Å². The number of alkyl halides is 3. The highest BCUT2D eigenvalue weighted by Gasteiger charge is 2.37. The zero-order chi connectivity index (χ0) is 23.6. The quantitative estimate of drug-likeness (QED) is 0.389. The second-order valence-electron chi connectivity index (χ2n) is 9.10. The third kappa shape index (κ3) is 5.40. The van der Waals surface area contributed by atoms with Crippen LogP contribution in [0.15, 0.2) is 47.0 Å². The standard InChI is InChI=1S/C26H29F3N3O/c1-17(2)10-11-19-8-6-9-20(15-19)24-30-25(33-31-24)21-12-13-23(22(16-21)26(27,28)29)32-14-5-4-7-18(32)3/h6,8-9,12-13,15-16,18H,4-5,7,10-11,14H2,1-3H3/t18-/m0/s1. The summed E-state index contributed by atoms with van der Waals surface area (Å²) in [4.78, 5) is 6.26. The van der Waals surface area contributed by atoms with E-state index in [4.69, 9.17) is 4.52 Å². The highest BCUT2D eigenvalue weighted by Crippen LogP contribution is 2.41. The first-order valence-electron chi connectivity index (χ1n) is 11.4. The number of aryl methyl sites for hydroxylation is 1. The maximum atomic E-state index is 14.0. The van der Waals surface area contributed by atoms with Gasteiger partial charge in [0.05, 0.1) is 5.56 Å². The molecule has 175 valence electrons. The van der Waals surface area contributed by atoms with Gasteiger partial charge in [-0.3, -0.25) is 0 Å².